The van der Waals surface area contributed by atoms with Gasteiger partial charge in [-0.1, -0.05) is 69.0 Å². The molecule has 0 aromatic heterocycles. The van der Waals surface area contributed by atoms with Crippen LogP contribution in [0.25, 0.3) is 16.3 Å². The molecule has 0 nitrogen and oxygen atoms in total. The minimum absolute atomic E-state index is 0.206. The number of rotatable bonds is 7. The lowest BCUT2D eigenvalue weighted by Crippen LogP contribution is -1.89. The molecule has 112 valence electrons. The van der Waals surface area contributed by atoms with Crippen LogP contribution in [0, 0.1) is 0 Å². The zero-order valence-electron chi connectivity index (χ0n) is 12.5. The monoisotopic (exact) mass is 288 g/mol. The highest BCUT2D eigenvalue weighted by atomic mass is 19.3. The van der Waals surface area contributed by atoms with E-state index < -0.39 is 6.08 Å². The molecule has 2 heteroatoms. The van der Waals surface area contributed by atoms with Crippen molar-refractivity contribution in [1.82, 2.24) is 0 Å². The topological polar surface area (TPSA) is 0 Å². The van der Waals surface area contributed by atoms with Gasteiger partial charge in [0.2, 0.25) is 0 Å². The minimum Gasteiger partial charge on any atom is -0.173 e. The van der Waals surface area contributed by atoms with Crippen molar-refractivity contribution in [1.29, 1.82) is 0 Å². The summed E-state index contributed by atoms with van der Waals surface area (Å²) in [7, 11) is 0. The molecule has 21 heavy (non-hydrogen) atoms. The van der Waals surface area contributed by atoms with Crippen LogP contribution in [0.3, 0.4) is 0 Å². The Labute approximate surface area is 125 Å². The van der Waals surface area contributed by atoms with E-state index in [0.717, 1.165) is 30.0 Å². The van der Waals surface area contributed by atoms with Gasteiger partial charge in [-0.05, 0) is 35.2 Å². The Kier molecular flexibility index (Phi) is 5.91. The van der Waals surface area contributed by atoms with Crippen molar-refractivity contribution in [3.05, 3.63) is 54.1 Å². The molecule has 2 aromatic carbocycles. The van der Waals surface area contributed by atoms with Crippen LogP contribution in [-0.2, 0) is 0 Å². The first kappa shape index (κ1) is 15.7. The van der Waals surface area contributed by atoms with Crippen LogP contribution in [0.5, 0.6) is 0 Å². The van der Waals surface area contributed by atoms with Crippen LogP contribution in [0.2, 0.25) is 0 Å². The fourth-order valence-corrected chi connectivity index (χ4v) is 2.63. The van der Waals surface area contributed by atoms with E-state index >= 15 is 0 Å². The molecule has 0 saturated heterocycles. The maximum Gasteiger partial charge on any atom is 0.274 e. The maximum absolute atomic E-state index is 13.2. The molecule has 2 rings (SSSR count). The Balaban J connectivity index is 2.11. The number of hydrogen-bond donors (Lipinski definition) is 0. The largest absolute Gasteiger partial charge is 0.274 e. The Hall–Kier alpha value is -1.70. The van der Waals surface area contributed by atoms with Crippen LogP contribution in [0.15, 0.2) is 48.5 Å². The summed E-state index contributed by atoms with van der Waals surface area (Å²) < 4.78 is 26.5. The molecule has 0 unspecified atom stereocenters. The highest BCUT2D eigenvalue weighted by Crippen LogP contribution is 2.29. The molecule has 2 aromatic rings. The van der Waals surface area contributed by atoms with Gasteiger partial charge in [0, 0.05) is 5.57 Å². The Morgan fingerprint density at radius 1 is 0.857 bits per heavy atom. The predicted octanol–water partition coefficient (Wildman–Crippen LogP) is 6.81. The van der Waals surface area contributed by atoms with Gasteiger partial charge in [-0.3, -0.25) is 0 Å². The molecule has 0 fully saturated rings. The molecule has 0 aliphatic carbocycles. The normalized spacial score (nSPS) is 10.8. The zero-order valence-corrected chi connectivity index (χ0v) is 12.5. The van der Waals surface area contributed by atoms with E-state index in [4.69, 9.17) is 0 Å². The van der Waals surface area contributed by atoms with Gasteiger partial charge in [0.25, 0.3) is 6.08 Å². The summed E-state index contributed by atoms with van der Waals surface area (Å²) in [6.07, 6.45) is 4.27. The molecule has 0 radical (unpaired) electrons. The molecule has 0 bridgehead atoms. The van der Waals surface area contributed by atoms with Crippen LogP contribution < -0.4 is 0 Å². The van der Waals surface area contributed by atoms with Crippen molar-refractivity contribution in [3.8, 4) is 0 Å². The van der Waals surface area contributed by atoms with Gasteiger partial charge in [-0.15, -0.1) is 0 Å². The number of halogens is 2. The van der Waals surface area contributed by atoms with Crippen LogP contribution >= 0.6 is 0 Å². The van der Waals surface area contributed by atoms with E-state index in [1.54, 1.807) is 0 Å². The first-order valence-electron chi connectivity index (χ1n) is 7.75. The fourth-order valence-electron chi connectivity index (χ4n) is 2.63. The van der Waals surface area contributed by atoms with E-state index in [1.807, 2.05) is 42.5 Å². The van der Waals surface area contributed by atoms with Crippen molar-refractivity contribution in [2.45, 2.75) is 45.4 Å². The smallest absolute Gasteiger partial charge is 0.173 e. The third kappa shape index (κ3) is 4.38. The summed E-state index contributed by atoms with van der Waals surface area (Å²) >= 11 is 0. The third-order valence-corrected chi connectivity index (χ3v) is 3.86. The fraction of sp³-hybridized carbons (Fsp3) is 0.368. The third-order valence-electron chi connectivity index (χ3n) is 3.86. The second-order valence-corrected chi connectivity index (χ2v) is 5.47. The van der Waals surface area contributed by atoms with Crippen LogP contribution in [0.4, 0.5) is 8.78 Å². The molecule has 0 atom stereocenters. The van der Waals surface area contributed by atoms with E-state index in [9.17, 15) is 8.78 Å². The van der Waals surface area contributed by atoms with Crippen molar-refractivity contribution in [2.75, 3.05) is 0 Å². The van der Waals surface area contributed by atoms with Crippen molar-refractivity contribution < 1.29 is 8.78 Å². The van der Waals surface area contributed by atoms with Gasteiger partial charge in [0.1, 0.15) is 0 Å². The number of fused-ring (bicyclic) bond motifs is 1. The van der Waals surface area contributed by atoms with Gasteiger partial charge < -0.3 is 0 Å². The molecule has 0 aliphatic rings. The number of allylic oxidation sites excluding steroid dienone is 1. The summed E-state index contributed by atoms with van der Waals surface area (Å²) in [5.41, 5.74) is 0.862. The van der Waals surface area contributed by atoms with Gasteiger partial charge >= 0.3 is 0 Å². The lowest BCUT2D eigenvalue weighted by molar-refractivity contribution is 0.422. The first-order chi connectivity index (χ1) is 10.2. The highest BCUT2D eigenvalue weighted by Gasteiger charge is 2.10. The molecular formula is C19H22F2. The standard InChI is InChI=1S/C19H22F2/c1-2-3-4-5-6-11-18(19(20)21)17-13-12-15-9-7-8-10-16(15)14-17/h7-10,12-14H,2-6,11H2,1H3. The second kappa shape index (κ2) is 7.92. The summed E-state index contributed by atoms with van der Waals surface area (Å²) in [5, 5.41) is 2.10. The predicted molar refractivity (Wildman–Crippen MR) is 86.5 cm³/mol. The minimum atomic E-state index is -1.54. The SMILES string of the molecule is CCCCCCCC(=C(F)F)c1ccc2ccccc2c1. The molecule has 0 amide bonds. The summed E-state index contributed by atoms with van der Waals surface area (Å²) in [5.74, 6) is 0. The maximum atomic E-state index is 13.2. The lowest BCUT2D eigenvalue weighted by Gasteiger charge is -2.08. The molecule has 0 spiro atoms. The summed E-state index contributed by atoms with van der Waals surface area (Å²) in [6.45, 7) is 2.15. The first-order valence-corrected chi connectivity index (χ1v) is 7.75. The highest BCUT2D eigenvalue weighted by molar-refractivity contribution is 5.86. The number of hydrogen-bond acceptors (Lipinski definition) is 0. The van der Waals surface area contributed by atoms with Crippen LogP contribution in [0.1, 0.15) is 51.0 Å². The Morgan fingerprint density at radius 2 is 1.57 bits per heavy atom. The van der Waals surface area contributed by atoms with Crippen molar-refractivity contribution >= 4 is 16.3 Å². The zero-order chi connectivity index (χ0) is 15.1. The molecule has 0 heterocycles. The van der Waals surface area contributed by atoms with E-state index in [0.29, 0.717) is 12.0 Å². The van der Waals surface area contributed by atoms with E-state index in [1.165, 1.54) is 12.8 Å². The molecule has 0 saturated carbocycles. The Bertz CT molecular complexity index is 610. The molecular weight excluding hydrogens is 266 g/mol. The summed E-state index contributed by atoms with van der Waals surface area (Å²) in [4.78, 5) is 0. The van der Waals surface area contributed by atoms with E-state index in [2.05, 4.69) is 6.92 Å². The van der Waals surface area contributed by atoms with Gasteiger partial charge in [-0.25, -0.2) is 0 Å². The second-order valence-electron chi connectivity index (χ2n) is 5.47. The lowest BCUT2D eigenvalue weighted by atomic mass is 9.97. The summed E-state index contributed by atoms with van der Waals surface area (Å²) in [6, 6.07) is 13.5. The van der Waals surface area contributed by atoms with Crippen LogP contribution in [-0.4, -0.2) is 0 Å². The Morgan fingerprint density at radius 3 is 2.29 bits per heavy atom. The quantitative estimate of drug-likeness (QED) is 0.491. The van der Waals surface area contributed by atoms with Crippen molar-refractivity contribution in [2.24, 2.45) is 0 Å². The van der Waals surface area contributed by atoms with Gasteiger partial charge in [0.15, 0.2) is 0 Å². The number of unbranched alkanes of at least 4 members (excludes halogenated alkanes) is 4. The molecule has 0 N–H and O–H groups in total. The molecule has 0 aliphatic heterocycles. The average Bonchev–Trinajstić information content (AvgIpc) is 2.50. The van der Waals surface area contributed by atoms with E-state index in [-0.39, 0.29) is 5.57 Å². The van der Waals surface area contributed by atoms with Gasteiger partial charge in [0.05, 0.1) is 0 Å². The van der Waals surface area contributed by atoms with Gasteiger partial charge in [-0.2, -0.15) is 8.78 Å². The van der Waals surface area contributed by atoms with Crippen molar-refractivity contribution in [3.63, 3.8) is 0 Å². The number of benzene rings is 2. The average molecular weight is 288 g/mol.